The van der Waals surface area contributed by atoms with Crippen LogP contribution in [0, 0.1) is 0 Å². The Balaban J connectivity index is 2.09. The molecule has 2 heterocycles. The van der Waals surface area contributed by atoms with Crippen molar-refractivity contribution in [3.8, 4) is 0 Å². The Morgan fingerprint density at radius 3 is 3.38 bits per heavy atom. The number of rotatable bonds is 2. The van der Waals surface area contributed by atoms with Gasteiger partial charge in [-0.25, -0.2) is 0 Å². The quantitative estimate of drug-likeness (QED) is 0.627. The van der Waals surface area contributed by atoms with Crippen LogP contribution in [-0.2, 0) is 4.79 Å². The van der Waals surface area contributed by atoms with E-state index in [0.29, 0.717) is 16.8 Å². The molecule has 0 bridgehead atoms. The maximum atomic E-state index is 11.2. The Bertz CT molecular complexity index is 272. The number of hydrogen-bond donors (Lipinski definition) is 0. The highest BCUT2D eigenvalue weighted by Crippen LogP contribution is 2.37. The van der Waals surface area contributed by atoms with Gasteiger partial charge in [0.1, 0.15) is 0 Å². The van der Waals surface area contributed by atoms with E-state index in [9.17, 15) is 4.79 Å². The van der Waals surface area contributed by atoms with Gasteiger partial charge >= 0.3 is 0 Å². The van der Waals surface area contributed by atoms with Crippen LogP contribution in [0.2, 0.25) is 0 Å². The fourth-order valence-electron chi connectivity index (χ4n) is 1.82. The predicted molar refractivity (Wildman–Crippen MR) is 55.5 cm³/mol. The van der Waals surface area contributed by atoms with Gasteiger partial charge in [-0.2, -0.15) is 0 Å². The van der Waals surface area contributed by atoms with Gasteiger partial charge in [-0.1, -0.05) is 17.8 Å². The minimum absolute atomic E-state index is 0.330. The van der Waals surface area contributed by atoms with Crippen LogP contribution >= 0.6 is 11.8 Å². The summed E-state index contributed by atoms with van der Waals surface area (Å²) in [6, 6.07) is 0. The molecule has 0 aromatic heterocycles. The van der Waals surface area contributed by atoms with E-state index in [4.69, 9.17) is 0 Å². The average molecular weight is 195 g/mol. The van der Waals surface area contributed by atoms with Crippen molar-refractivity contribution >= 4 is 16.9 Å². The number of carbonyl (C=O) groups excluding carboxylic acids is 1. The Hall–Kier alpha value is -0.700. The number of hydrogen-bond acceptors (Lipinski definition) is 3. The molecule has 0 aromatic carbocycles. The van der Waals surface area contributed by atoms with E-state index < -0.39 is 0 Å². The first kappa shape index (κ1) is 8.88. The third-order valence-corrected chi connectivity index (χ3v) is 3.66. The molecule has 0 spiro atoms. The summed E-state index contributed by atoms with van der Waals surface area (Å²) in [6.07, 6.45) is 5.81. The smallest absolute Gasteiger partial charge is 0.193 e. The molecule has 1 atom stereocenters. The molecule has 1 saturated heterocycles. The lowest BCUT2D eigenvalue weighted by Gasteiger charge is -2.27. The van der Waals surface area contributed by atoms with Gasteiger partial charge in [-0.3, -0.25) is 4.79 Å². The lowest BCUT2D eigenvalue weighted by atomic mass is 10.1. The molecule has 2 aliphatic rings. The maximum absolute atomic E-state index is 11.2. The number of fused-ring (bicyclic) bond motifs is 1. The van der Waals surface area contributed by atoms with Crippen LogP contribution in [0.4, 0.5) is 0 Å². The summed E-state index contributed by atoms with van der Waals surface area (Å²) < 4.78 is 0. The normalized spacial score (nSPS) is 27.1. The van der Waals surface area contributed by atoms with Crippen LogP contribution in [0.5, 0.6) is 0 Å². The summed E-state index contributed by atoms with van der Waals surface area (Å²) in [5.41, 5.74) is 1.31. The molecule has 0 saturated carbocycles. The highest BCUT2D eigenvalue weighted by atomic mass is 32.2. The molecule has 2 nitrogen and oxygen atoms in total. The summed E-state index contributed by atoms with van der Waals surface area (Å²) in [5.74, 6) is 0. The Morgan fingerprint density at radius 1 is 1.77 bits per heavy atom. The first-order valence-electron chi connectivity index (χ1n) is 4.54. The van der Waals surface area contributed by atoms with E-state index in [1.54, 1.807) is 0 Å². The second kappa shape index (κ2) is 3.58. The molecule has 0 aliphatic carbocycles. The molecule has 3 heteroatoms. The summed E-state index contributed by atoms with van der Waals surface area (Å²) in [4.78, 5) is 13.4. The van der Waals surface area contributed by atoms with Gasteiger partial charge in [-0.15, -0.1) is 6.58 Å². The fraction of sp³-hybridized carbons (Fsp3) is 0.500. The number of nitrogens with zero attached hydrogens (tertiary/aromatic N) is 1. The van der Waals surface area contributed by atoms with Crippen molar-refractivity contribution in [3.05, 3.63) is 24.4 Å². The van der Waals surface area contributed by atoms with Crippen molar-refractivity contribution in [1.82, 2.24) is 4.90 Å². The first-order chi connectivity index (χ1) is 6.29. The van der Waals surface area contributed by atoms with Crippen molar-refractivity contribution in [2.75, 3.05) is 13.1 Å². The largest absolute Gasteiger partial charge is 0.374 e. The van der Waals surface area contributed by atoms with Crippen molar-refractivity contribution in [2.24, 2.45) is 0 Å². The first-order valence-corrected chi connectivity index (χ1v) is 5.42. The highest BCUT2D eigenvalue weighted by Gasteiger charge is 2.31. The summed E-state index contributed by atoms with van der Waals surface area (Å²) in [5, 5.41) is 0.810. The topological polar surface area (TPSA) is 20.3 Å². The molecule has 0 amide bonds. The molecule has 0 N–H and O–H groups in total. The lowest BCUT2D eigenvalue weighted by Crippen LogP contribution is -2.27. The molecule has 1 fully saturated rings. The zero-order chi connectivity index (χ0) is 9.26. The molecule has 70 valence electrons. The zero-order valence-corrected chi connectivity index (χ0v) is 8.35. The Labute approximate surface area is 82.7 Å². The molecule has 13 heavy (non-hydrogen) atoms. The molecule has 0 radical (unpaired) electrons. The van der Waals surface area contributed by atoms with Gasteiger partial charge in [0.05, 0.1) is 0 Å². The van der Waals surface area contributed by atoms with Gasteiger partial charge in [0.2, 0.25) is 0 Å². The van der Waals surface area contributed by atoms with E-state index >= 15 is 0 Å². The third kappa shape index (κ3) is 1.80. The van der Waals surface area contributed by atoms with Crippen molar-refractivity contribution in [2.45, 2.75) is 18.1 Å². The van der Waals surface area contributed by atoms with Gasteiger partial charge < -0.3 is 4.90 Å². The number of carbonyl (C=O) groups is 1. The van der Waals surface area contributed by atoms with E-state index in [1.807, 2.05) is 6.08 Å². The average Bonchev–Trinajstić information content (AvgIpc) is 2.44. The zero-order valence-electron chi connectivity index (χ0n) is 7.53. The monoisotopic (exact) mass is 195 g/mol. The van der Waals surface area contributed by atoms with Crippen molar-refractivity contribution in [3.63, 3.8) is 0 Å². The van der Waals surface area contributed by atoms with Crippen LogP contribution in [0.25, 0.3) is 0 Å². The van der Waals surface area contributed by atoms with Gasteiger partial charge in [0.25, 0.3) is 0 Å². The van der Waals surface area contributed by atoms with Crippen molar-refractivity contribution in [1.29, 1.82) is 0 Å². The Morgan fingerprint density at radius 2 is 2.62 bits per heavy atom. The molecular weight excluding hydrogens is 182 g/mol. The lowest BCUT2D eigenvalue weighted by molar-refractivity contribution is -0.110. The minimum atomic E-state index is 0.330. The van der Waals surface area contributed by atoms with E-state index in [1.165, 1.54) is 17.3 Å². The fourth-order valence-corrected chi connectivity index (χ4v) is 2.91. The number of thioether (sulfide) groups is 1. The standard InChI is InChI=1S/C10H13NOS/c1-2-4-11-5-3-9-8(7-11)6-10(12)13-9/h2,7,9H,1,3-6H2. The molecule has 1 unspecified atom stereocenters. The maximum Gasteiger partial charge on any atom is 0.193 e. The molecule has 0 aromatic rings. The predicted octanol–water partition coefficient (Wildman–Crippen LogP) is 1.79. The van der Waals surface area contributed by atoms with Gasteiger partial charge in [0, 0.05) is 31.0 Å². The minimum Gasteiger partial charge on any atom is -0.374 e. The van der Waals surface area contributed by atoms with E-state index in [-0.39, 0.29) is 0 Å². The molecule has 2 rings (SSSR count). The third-order valence-electron chi connectivity index (χ3n) is 2.43. The summed E-state index contributed by atoms with van der Waals surface area (Å²) in [7, 11) is 0. The van der Waals surface area contributed by atoms with Crippen LogP contribution in [0.1, 0.15) is 12.8 Å². The summed E-state index contributed by atoms with van der Waals surface area (Å²) >= 11 is 1.51. The second-order valence-electron chi connectivity index (χ2n) is 3.43. The molecular formula is C10H13NOS. The second-order valence-corrected chi connectivity index (χ2v) is 4.69. The van der Waals surface area contributed by atoms with Crippen molar-refractivity contribution < 1.29 is 4.79 Å². The van der Waals surface area contributed by atoms with Crippen LogP contribution in [-0.4, -0.2) is 28.4 Å². The molecule has 2 aliphatic heterocycles. The van der Waals surface area contributed by atoms with Gasteiger partial charge in [0.15, 0.2) is 5.12 Å². The van der Waals surface area contributed by atoms with Crippen LogP contribution in [0.3, 0.4) is 0 Å². The Kier molecular flexibility index (Phi) is 2.44. The van der Waals surface area contributed by atoms with Gasteiger partial charge in [-0.05, 0) is 12.0 Å². The van der Waals surface area contributed by atoms with E-state index in [2.05, 4.69) is 17.7 Å². The van der Waals surface area contributed by atoms with E-state index in [0.717, 1.165) is 19.5 Å². The SMILES string of the molecule is C=CCN1C=C2CC(=O)SC2CC1. The van der Waals surface area contributed by atoms with Crippen LogP contribution in [0.15, 0.2) is 24.4 Å². The highest BCUT2D eigenvalue weighted by molar-refractivity contribution is 8.14. The summed E-state index contributed by atoms with van der Waals surface area (Å²) in [6.45, 7) is 5.67. The van der Waals surface area contributed by atoms with Crippen LogP contribution < -0.4 is 0 Å².